The largest absolute Gasteiger partial charge is 0.337 e. The molecule has 6 heteroatoms. The molecule has 0 aromatic rings. The summed E-state index contributed by atoms with van der Waals surface area (Å²) in [7, 11) is 0. The zero-order valence-corrected chi connectivity index (χ0v) is 9.50. The van der Waals surface area contributed by atoms with Crippen LogP contribution in [0.1, 0.15) is 0 Å². The average molecular weight is 248 g/mol. The van der Waals surface area contributed by atoms with Crippen molar-refractivity contribution in [2.24, 2.45) is 0 Å². The molecule has 0 aromatic heterocycles. The molecule has 0 spiro atoms. The maximum absolute atomic E-state index is 11.3. The van der Waals surface area contributed by atoms with Crippen LogP contribution in [0.3, 0.4) is 0 Å². The van der Waals surface area contributed by atoms with E-state index in [1.807, 2.05) is 0 Å². The van der Waals surface area contributed by atoms with E-state index in [1.165, 1.54) is 0 Å². The Morgan fingerprint density at radius 3 is 2.00 bits per heavy atom. The van der Waals surface area contributed by atoms with E-state index in [-0.39, 0.29) is 6.03 Å². The lowest BCUT2D eigenvalue weighted by molar-refractivity contribution is 0.204. The van der Waals surface area contributed by atoms with Gasteiger partial charge in [0.2, 0.25) is 0 Å². The lowest BCUT2D eigenvalue weighted by Gasteiger charge is -2.20. The first-order chi connectivity index (χ1) is 6.26. The number of rotatable bonds is 6. The van der Waals surface area contributed by atoms with Gasteiger partial charge in [-0.25, -0.2) is 4.79 Å². The highest BCUT2D eigenvalue weighted by Gasteiger charge is 2.10. The van der Waals surface area contributed by atoms with Crippen molar-refractivity contribution in [1.82, 2.24) is 10.2 Å². The molecule has 0 aliphatic rings. The molecule has 0 unspecified atom stereocenters. The van der Waals surface area contributed by atoms with Gasteiger partial charge in [-0.1, -0.05) is 0 Å². The van der Waals surface area contributed by atoms with E-state index in [0.29, 0.717) is 37.3 Å². The maximum atomic E-state index is 11.3. The molecule has 0 aliphatic heterocycles. The number of hydrogen-bond donors (Lipinski definition) is 1. The van der Waals surface area contributed by atoms with Gasteiger partial charge >= 0.3 is 6.03 Å². The second kappa shape index (κ2) is 8.73. The van der Waals surface area contributed by atoms with Crippen LogP contribution in [0, 0.1) is 0 Å². The fraction of sp³-hybridized carbons (Fsp3) is 0.857. The van der Waals surface area contributed by atoms with Crippen LogP contribution in [-0.4, -0.2) is 48.2 Å². The van der Waals surface area contributed by atoms with Gasteiger partial charge in [0.15, 0.2) is 0 Å². The highest BCUT2D eigenvalue weighted by Crippen LogP contribution is 1.92. The molecule has 13 heavy (non-hydrogen) atoms. The summed E-state index contributed by atoms with van der Waals surface area (Å²) in [5, 5.41) is 2.64. The first-order valence-electron chi connectivity index (χ1n) is 3.97. The van der Waals surface area contributed by atoms with Crippen LogP contribution in [-0.2, 0) is 0 Å². The summed E-state index contributed by atoms with van der Waals surface area (Å²) in [6.45, 7) is 1.46. The van der Waals surface area contributed by atoms with E-state index >= 15 is 0 Å². The standard InChI is InChI=1S/C7H13Cl3N2O/c8-1-4-11-7(13)12(5-2-9)6-3-10/h1-6H2,(H,11,13). The Kier molecular flexibility index (Phi) is 8.82. The molecule has 0 bridgehead atoms. The molecule has 3 nitrogen and oxygen atoms in total. The van der Waals surface area contributed by atoms with Gasteiger partial charge in [0.25, 0.3) is 0 Å². The van der Waals surface area contributed by atoms with Gasteiger partial charge in [-0.05, 0) is 0 Å². The molecule has 2 amide bonds. The predicted molar refractivity (Wildman–Crippen MR) is 57.1 cm³/mol. The third-order valence-electron chi connectivity index (χ3n) is 1.37. The third-order valence-corrected chi connectivity index (χ3v) is 1.89. The van der Waals surface area contributed by atoms with Gasteiger partial charge in [0, 0.05) is 37.3 Å². The first-order valence-corrected chi connectivity index (χ1v) is 5.57. The molecule has 1 N–H and O–H groups in total. The third kappa shape index (κ3) is 6.24. The Morgan fingerprint density at radius 2 is 1.62 bits per heavy atom. The van der Waals surface area contributed by atoms with Crippen molar-refractivity contribution in [2.75, 3.05) is 37.3 Å². The molecule has 0 radical (unpaired) electrons. The minimum Gasteiger partial charge on any atom is -0.337 e. The van der Waals surface area contributed by atoms with Crippen molar-refractivity contribution in [3.63, 3.8) is 0 Å². The Bertz CT molecular complexity index is 140. The number of halogens is 3. The van der Waals surface area contributed by atoms with Gasteiger partial charge in [-0.2, -0.15) is 0 Å². The molecule has 0 saturated heterocycles. The summed E-state index contributed by atoms with van der Waals surface area (Å²) in [4.78, 5) is 12.9. The molecule has 0 fully saturated rings. The molecule has 0 aromatic carbocycles. The normalized spacial score (nSPS) is 9.77. The number of carbonyl (C=O) groups excluding carboxylic acids is 1. The van der Waals surface area contributed by atoms with E-state index in [1.54, 1.807) is 4.90 Å². The summed E-state index contributed by atoms with van der Waals surface area (Å²) in [5.41, 5.74) is 0. The van der Waals surface area contributed by atoms with Crippen LogP contribution >= 0.6 is 34.8 Å². The van der Waals surface area contributed by atoms with Gasteiger partial charge in [-0.15, -0.1) is 34.8 Å². The molecule has 0 aliphatic carbocycles. The Hall–Kier alpha value is 0.140. The van der Waals surface area contributed by atoms with Gasteiger partial charge < -0.3 is 10.2 Å². The monoisotopic (exact) mass is 246 g/mol. The topological polar surface area (TPSA) is 32.3 Å². The minimum absolute atomic E-state index is 0.165. The second-order valence-corrected chi connectivity index (χ2v) is 3.42. The number of nitrogens with zero attached hydrogens (tertiary/aromatic N) is 1. The fourth-order valence-corrected chi connectivity index (χ4v) is 1.29. The molecular weight excluding hydrogens is 234 g/mol. The SMILES string of the molecule is O=C(NCCCl)N(CCCl)CCCl. The van der Waals surface area contributed by atoms with Crippen LogP contribution in [0.25, 0.3) is 0 Å². The quantitative estimate of drug-likeness (QED) is 0.712. The smallest absolute Gasteiger partial charge is 0.317 e. The van der Waals surface area contributed by atoms with E-state index in [9.17, 15) is 4.79 Å². The van der Waals surface area contributed by atoms with Crippen molar-refractivity contribution in [3.05, 3.63) is 0 Å². The van der Waals surface area contributed by atoms with Crippen LogP contribution in [0.5, 0.6) is 0 Å². The van der Waals surface area contributed by atoms with Crippen LogP contribution in [0.15, 0.2) is 0 Å². The lowest BCUT2D eigenvalue weighted by Crippen LogP contribution is -2.42. The van der Waals surface area contributed by atoms with Crippen LogP contribution in [0.2, 0.25) is 0 Å². The molecule has 0 atom stereocenters. The molecular formula is C7H13Cl3N2O. The summed E-state index contributed by atoms with van der Waals surface area (Å²) in [6.07, 6.45) is 0. The summed E-state index contributed by atoms with van der Waals surface area (Å²) >= 11 is 16.5. The van der Waals surface area contributed by atoms with Crippen LogP contribution in [0.4, 0.5) is 4.79 Å². The van der Waals surface area contributed by atoms with Crippen molar-refractivity contribution < 1.29 is 4.79 Å². The minimum atomic E-state index is -0.165. The highest BCUT2D eigenvalue weighted by atomic mass is 35.5. The van der Waals surface area contributed by atoms with E-state index in [0.717, 1.165) is 0 Å². The summed E-state index contributed by atoms with van der Waals surface area (Å²) < 4.78 is 0. The molecule has 0 saturated carbocycles. The lowest BCUT2D eigenvalue weighted by atomic mass is 10.5. The first kappa shape index (κ1) is 13.1. The Labute approximate surface area is 93.3 Å². The highest BCUT2D eigenvalue weighted by molar-refractivity contribution is 6.18. The van der Waals surface area contributed by atoms with Crippen molar-refractivity contribution >= 4 is 40.8 Å². The van der Waals surface area contributed by atoms with E-state index < -0.39 is 0 Å². The maximum Gasteiger partial charge on any atom is 0.317 e. The number of hydrogen-bond acceptors (Lipinski definition) is 1. The zero-order valence-electron chi connectivity index (χ0n) is 7.23. The molecule has 0 heterocycles. The molecule has 0 rings (SSSR count). The Morgan fingerprint density at radius 1 is 1.08 bits per heavy atom. The summed E-state index contributed by atoms with van der Waals surface area (Å²) in [5.74, 6) is 1.22. The number of amides is 2. The predicted octanol–water partition coefficient (Wildman–Crippen LogP) is 1.71. The zero-order chi connectivity index (χ0) is 10.1. The van der Waals surface area contributed by atoms with Crippen molar-refractivity contribution in [3.8, 4) is 0 Å². The van der Waals surface area contributed by atoms with Crippen LogP contribution < -0.4 is 5.32 Å². The average Bonchev–Trinajstić information content (AvgIpc) is 2.14. The summed E-state index contributed by atoms with van der Waals surface area (Å²) in [6, 6.07) is -0.165. The van der Waals surface area contributed by atoms with Gasteiger partial charge in [0.1, 0.15) is 0 Å². The number of nitrogens with one attached hydrogen (secondary N) is 1. The van der Waals surface area contributed by atoms with Gasteiger partial charge in [0.05, 0.1) is 0 Å². The number of urea groups is 1. The molecule has 78 valence electrons. The van der Waals surface area contributed by atoms with Gasteiger partial charge in [-0.3, -0.25) is 0 Å². The fourth-order valence-electron chi connectivity index (χ4n) is 0.785. The Balaban J connectivity index is 3.80. The number of carbonyl (C=O) groups is 1. The second-order valence-electron chi connectivity index (χ2n) is 2.29. The van der Waals surface area contributed by atoms with Crippen molar-refractivity contribution in [1.29, 1.82) is 0 Å². The van der Waals surface area contributed by atoms with E-state index in [4.69, 9.17) is 34.8 Å². The number of alkyl halides is 3. The van der Waals surface area contributed by atoms with Crippen molar-refractivity contribution in [2.45, 2.75) is 0 Å². The van der Waals surface area contributed by atoms with E-state index in [2.05, 4.69) is 5.32 Å².